The van der Waals surface area contributed by atoms with E-state index in [2.05, 4.69) is 25.8 Å². The van der Waals surface area contributed by atoms with Crippen molar-refractivity contribution >= 4 is 46.5 Å². The molecule has 0 spiro atoms. The number of hydrazone groups is 1. The molecular weight excluding hydrogens is 438 g/mol. The summed E-state index contributed by atoms with van der Waals surface area (Å²) in [5, 5.41) is 7.47. The lowest BCUT2D eigenvalue weighted by molar-refractivity contribution is -0.113. The quantitative estimate of drug-likeness (QED) is 0.209. The van der Waals surface area contributed by atoms with E-state index >= 15 is 0 Å². The summed E-state index contributed by atoms with van der Waals surface area (Å²) >= 11 is 1.31. The number of hydrogen-bond donors (Lipinski definition) is 3. The summed E-state index contributed by atoms with van der Waals surface area (Å²) in [5.74, 6) is 0.237. The summed E-state index contributed by atoms with van der Waals surface area (Å²) < 4.78 is 5.25. The number of H-pyrrole nitrogens is 1. The SMILES string of the molecule is COc1ccccc1C=NNC(=O)c1cccc(NC(=O)CSc2nc3ccccc3[nH]2)c1. The normalized spacial score (nSPS) is 10.9. The molecule has 33 heavy (non-hydrogen) atoms. The van der Waals surface area contributed by atoms with Crippen molar-refractivity contribution in [3.8, 4) is 5.75 Å². The van der Waals surface area contributed by atoms with E-state index in [1.807, 2.05) is 48.5 Å². The number of rotatable bonds is 8. The van der Waals surface area contributed by atoms with Crippen LogP contribution < -0.4 is 15.5 Å². The van der Waals surface area contributed by atoms with E-state index in [1.54, 1.807) is 31.4 Å². The fraction of sp³-hybridized carbons (Fsp3) is 0.0833. The number of hydrogen-bond acceptors (Lipinski definition) is 6. The Labute approximate surface area is 194 Å². The maximum absolute atomic E-state index is 12.4. The number of para-hydroxylation sites is 3. The number of amides is 2. The van der Waals surface area contributed by atoms with E-state index in [1.165, 1.54) is 18.0 Å². The third-order valence-electron chi connectivity index (χ3n) is 4.62. The molecule has 3 N–H and O–H groups in total. The number of nitrogens with one attached hydrogen (secondary N) is 3. The first kappa shape index (κ1) is 22.1. The molecule has 0 atom stereocenters. The minimum absolute atomic E-state index is 0.180. The van der Waals surface area contributed by atoms with Gasteiger partial charge in [0.2, 0.25) is 5.91 Å². The predicted molar refractivity (Wildman–Crippen MR) is 130 cm³/mol. The van der Waals surface area contributed by atoms with Crippen LogP contribution in [0, 0.1) is 0 Å². The average Bonchev–Trinajstić information content (AvgIpc) is 3.26. The van der Waals surface area contributed by atoms with E-state index in [-0.39, 0.29) is 11.7 Å². The Morgan fingerprint density at radius 1 is 1.09 bits per heavy atom. The molecule has 166 valence electrons. The number of carbonyl (C=O) groups is 2. The van der Waals surface area contributed by atoms with Crippen LogP contribution in [0.5, 0.6) is 5.75 Å². The Morgan fingerprint density at radius 3 is 2.76 bits per heavy atom. The average molecular weight is 460 g/mol. The zero-order chi connectivity index (χ0) is 23.0. The fourth-order valence-corrected chi connectivity index (χ4v) is 3.75. The van der Waals surface area contributed by atoms with Crippen molar-refractivity contribution in [2.45, 2.75) is 5.16 Å². The molecule has 0 bridgehead atoms. The van der Waals surface area contributed by atoms with Crippen LogP contribution in [0.3, 0.4) is 0 Å². The number of aromatic amines is 1. The number of methoxy groups -OCH3 is 1. The minimum Gasteiger partial charge on any atom is -0.496 e. The van der Waals surface area contributed by atoms with E-state index in [0.29, 0.717) is 22.2 Å². The van der Waals surface area contributed by atoms with Crippen molar-refractivity contribution in [3.05, 3.63) is 83.9 Å². The monoisotopic (exact) mass is 459 g/mol. The lowest BCUT2D eigenvalue weighted by atomic mass is 10.2. The number of aromatic nitrogens is 2. The molecule has 9 heteroatoms. The van der Waals surface area contributed by atoms with Crippen molar-refractivity contribution in [1.29, 1.82) is 0 Å². The van der Waals surface area contributed by atoms with Crippen molar-refractivity contribution < 1.29 is 14.3 Å². The molecule has 0 unspecified atom stereocenters. The van der Waals surface area contributed by atoms with Crippen LogP contribution in [-0.4, -0.2) is 40.9 Å². The second-order valence-corrected chi connectivity index (χ2v) is 7.88. The number of imidazole rings is 1. The van der Waals surface area contributed by atoms with Gasteiger partial charge in [0.25, 0.3) is 5.91 Å². The highest BCUT2D eigenvalue weighted by atomic mass is 32.2. The predicted octanol–water partition coefficient (Wildman–Crippen LogP) is 4.07. The number of fused-ring (bicyclic) bond motifs is 1. The molecule has 1 aromatic heterocycles. The molecule has 8 nitrogen and oxygen atoms in total. The maximum atomic E-state index is 12.4. The fourth-order valence-electron chi connectivity index (χ4n) is 3.06. The second-order valence-electron chi connectivity index (χ2n) is 6.92. The van der Waals surface area contributed by atoms with Crippen molar-refractivity contribution in [2.24, 2.45) is 5.10 Å². The van der Waals surface area contributed by atoms with Gasteiger partial charge in [-0.1, -0.05) is 42.1 Å². The van der Waals surface area contributed by atoms with E-state index in [0.717, 1.165) is 16.6 Å². The summed E-state index contributed by atoms with van der Waals surface area (Å²) in [5.41, 5.74) is 5.89. The number of benzene rings is 3. The largest absolute Gasteiger partial charge is 0.496 e. The molecule has 0 fully saturated rings. The lowest BCUT2D eigenvalue weighted by Crippen LogP contribution is -2.19. The number of ether oxygens (including phenoxy) is 1. The van der Waals surface area contributed by atoms with Gasteiger partial charge < -0.3 is 15.0 Å². The van der Waals surface area contributed by atoms with Gasteiger partial charge >= 0.3 is 0 Å². The minimum atomic E-state index is -0.395. The molecule has 4 aromatic rings. The second kappa shape index (κ2) is 10.5. The van der Waals surface area contributed by atoms with Crippen LogP contribution in [0.1, 0.15) is 15.9 Å². The Bertz CT molecular complexity index is 1290. The van der Waals surface area contributed by atoms with Crippen LogP contribution in [0.25, 0.3) is 11.0 Å². The van der Waals surface area contributed by atoms with E-state index < -0.39 is 5.91 Å². The Balaban J connectivity index is 1.32. The zero-order valence-corrected chi connectivity index (χ0v) is 18.6. The van der Waals surface area contributed by atoms with Crippen LogP contribution >= 0.6 is 11.8 Å². The van der Waals surface area contributed by atoms with Crippen molar-refractivity contribution in [1.82, 2.24) is 15.4 Å². The van der Waals surface area contributed by atoms with Gasteiger partial charge in [-0.25, -0.2) is 10.4 Å². The van der Waals surface area contributed by atoms with E-state index in [9.17, 15) is 9.59 Å². The number of carbonyl (C=O) groups excluding carboxylic acids is 2. The first-order valence-electron chi connectivity index (χ1n) is 10.1. The van der Waals surface area contributed by atoms with Crippen molar-refractivity contribution in [3.63, 3.8) is 0 Å². The van der Waals surface area contributed by atoms with Gasteiger partial charge in [-0.05, 0) is 42.5 Å². The summed E-state index contributed by atoms with van der Waals surface area (Å²) in [7, 11) is 1.57. The van der Waals surface area contributed by atoms with Crippen LogP contribution in [-0.2, 0) is 4.79 Å². The highest BCUT2D eigenvalue weighted by molar-refractivity contribution is 7.99. The first-order valence-corrected chi connectivity index (χ1v) is 11.0. The number of nitrogens with zero attached hydrogens (tertiary/aromatic N) is 2. The Hall–Kier alpha value is -4.11. The van der Waals surface area contributed by atoms with Crippen LogP contribution in [0.15, 0.2) is 83.1 Å². The smallest absolute Gasteiger partial charge is 0.271 e. The molecule has 0 saturated carbocycles. The standard InChI is InChI=1S/C24H21N5O3S/c1-32-21-12-5-2-7-17(21)14-25-29-23(31)16-8-6-9-18(13-16)26-22(30)15-33-24-27-19-10-3-4-11-20(19)28-24/h2-14H,15H2,1H3,(H,26,30)(H,27,28)(H,29,31). The summed E-state index contributed by atoms with van der Waals surface area (Å²) in [6.07, 6.45) is 1.51. The summed E-state index contributed by atoms with van der Waals surface area (Å²) in [6.45, 7) is 0. The zero-order valence-electron chi connectivity index (χ0n) is 17.7. The third-order valence-corrected chi connectivity index (χ3v) is 5.50. The molecule has 1 heterocycles. The highest BCUT2D eigenvalue weighted by Gasteiger charge is 2.10. The molecule has 3 aromatic carbocycles. The van der Waals surface area contributed by atoms with Gasteiger partial charge in [0, 0.05) is 16.8 Å². The van der Waals surface area contributed by atoms with Crippen LogP contribution in [0.2, 0.25) is 0 Å². The Morgan fingerprint density at radius 2 is 1.91 bits per heavy atom. The van der Waals surface area contributed by atoms with Gasteiger partial charge in [0.15, 0.2) is 5.16 Å². The van der Waals surface area contributed by atoms with Crippen LogP contribution in [0.4, 0.5) is 5.69 Å². The lowest BCUT2D eigenvalue weighted by Gasteiger charge is -2.07. The first-order chi connectivity index (χ1) is 16.1. The van der Waals surface area contributed by atoms with Gasteiger partial charge in [-0.15, -0.1) is 0 Å². The molecule has 0 aliphatic carbocycles. The van der Waals surface area contributed by atoms with Gasteiger partial charge in [0.1, 0.15) is 5.75 Å². The molecule has 0 aliphatic rings. The number of thioether (sulfide) groups is 1. The highest BCUT2D eigenvalue weighted by Crippen LogP contribution is 2.20. The van der Waals surface area contributed by atoms with E-state index in [4.69, 9.17) is 4.74 Å². The van der Waals surface area contributed by atoms with Gasteiger partial charge in [-0.3, -0.25) is 9.59 Å². The maximum Gasteiger partial charge on any atom is 0.271 e. The summed E-state index contributed by atoms with van der Waals surface area (Å²) in [6, 6.07) is 21.7. The van der Waals surface area contributed by atoms with Gasteiger partial charge in [0.05, 0.1) is 30.1 Å². The molecule has 0 saturated heterocycles. The molecule has 2 amide bonds. The Kier molecular flexibility index (Phi) is 7.01. The third kappa shape index (κ3) is 5.78. The molecule has 0 aliphatic heterocycles. The topological polar surface area (TPSA) is 108 Å². The molecule has 0 radical (unpaired) electrons. The molecular formula is C24H21N5O3S. The molecule has 4 rings (SSSR count). The summed E-state index contributed by atoms with van der Waals surface area (Å²) in [4.78, 5) is 32.4. The van der Waals surface area contributed by atoms with Gasteiger partial charge in [-0.2, -0.15) is 5.10 Å². The van der Waals surface area contributed by atoms with Crippen molar-refractivity contribution in [2.75, 3.05) is 18.2 Å². The number of anilines is 1.